The first kappa shape index (κ1) is 119. The summed E-state index contributed by atoms with van der Waals surface area (Å²) in [4.78, 5) is 66.5. The molecule has 1 unspecified atom stereocenters. The number of aliphatic hydroxyl groups excluding tert-OH is 30. The van der Waals surface area contributed by atoms with Gasteiger partial charge in [0, 0.05) is 34.6 Å². The van der Waals surface area contributed by atoms with Gasteiger partial charge in [-0.2, -0.15) is 0 Å². The first-order valence-corrected chi connectivity index (χ1v) is 46.7. The third kappa shape index (κ3) is 26.4. The molecule has 145 heavy (non-hydrogen) atoms. The highest BCUT2D eigenvalue weighted by Crippen LogP contribution is 2.44. The molecule has 35 N–H and O–H groups in total. The number of aliphatic hydroxyl groups is 30. The van der Waals surface area contributed by atoms with Crippen LogP contribution in [0.15, 0.2) is 0 Å². The fourth-order valence-electron chi connectivity index (χ4n) is 19.0. The lowest BCUT2D eigenvalue weighted by Crippen LogP contribution is -2.72. The van der Waals surface area contributed by atoms with Crippen molar-refractivity contribution in [2.45, 2.75) is 424 Å². The SMILES string of the molecule is CC(=O)N[C@@H]1[C@H](O[C@H]2[C@H](O[C@H]3O[C@H](CO)[C@@H](O)[C@H](O)[C@@H]3O[C@@H]3O[C@H](CO)[C@@H](O[C@@H]4O[C@H](CO)[C@H](O)[C@H](O)[C@H]4O[C@@H]4O[C@@H](C)[C@@H](O)[C@@H](O)[C@@H]4O)[C@H](O[C@@H]4O[C@@H](C)[C@@H](O)[C@@H](O)[C@@H]4O)[C@H]3NC(C)=O)[C@H](O)[C@H](O[C@H]3[C@H](O)[C@@H](NC(C)=O)[C@H](O[C@H]4[C@H](O)[C@@H](NC(C)=O)C(O)O[C@@H]4CO[C@@H]4O[C@@H](C)[C@@H](O)[C@@H](O)[C@@H]4O)O[C@@H]3CO)O[C@@H]2CO[C@H]2O[C@H](CO)[C@@H](O)[C@H](O)[C@@H]2O[C@@H]2O[C@H](CO)[C@@H](O)[C@H](O)[C@H]2NC(C)=O)O[C@H](CO)[C@@H](O)[C@@H]1O. The van der Waals surface area contributed by atoms with Gasteiger partial charge in [0.1, 0.15) is 274 Å². The van der Waals surface area contributed by atoms with Crippen LogP contribution in [0.3, 0.4) is 0 Å². The minimum absolute atomic E-state index is 0.848. The van der Waals surface area contributed by atoms with Crippen molar-refractivity contribution in [3.63, 3.8) is 0 Å². The van der Waals surface area contributed by atoms with Crippen molar-refractivity contribution in [2.24, 2.45) is 0 Å². The summed E-state index contributed by atoms with van der Waals surface area (Å²) in [6.07, 6.45) is -120. The van der Waals surface area contributed by atoms with Crippen LogP contribution in [0.5, 0.6) is 0 Å². The van der Waals surface area contributed by atoms with Crippen molar-refractivity contribution in [3.05, 3.63) is 0 Å². The number of amides is 5. The fraction of sp³-hybridized carbons (Fsp3) is 0.939. The number of carbonyl (C=O) groups is 5. The summed E-state index contributed by atoms with van der Waals surface area (Å²) in [6, 6.07) is -10.2. The zero-order valence-corrected chi connectivity index (χ0v) is 78.9. The van der Waals surface area contributed by atoms with E-state index in [4.69, 9.17) is 109 Å². The Morgan fingerprint density at radius 1 is 0.193 bits per heavy atom. The van der Waals surface area contributed by atoms with E-state index in [2.05, 4.69) is 26.6 Å². The maximum Gasteiger partial charge on any atom is 0.217 e. The Morgan fingerprint density at radius 3 is 0.841 bits per heavy atom. The molecule has 0 radical (unpaired) electrons. The molecule has 0 aromatic rings. The molecule has 12 rings (SSSR count). The van der Waals surface area contributed by atoms with Crippen LogP contribution < -0.4 is 26.6 Å². The molecule has 0 aromatic carbocycles. The lowest BCUT2D eigenvalue weighted by atomic mass is 9.93. The third-order valence-electron chi connectivity index (χ3n) is 27.0. The van der Waals surface area contributed by atoms with Gasteiger partial charge in [-0.3, -0.25) is 24.0 Å². The third-order valence-corrected chi connectivity index (χ3v) is 27.0. The summed E-state index contributed by atoms with van der Waals surface area (Å²) >= 11 is 0. The van der Waals surface area contributed by atoms with Gasteiger partial charge in [0.05, 0.1) is 77.8 Å². The highest BCUT2D eigenvalue weighted by Gasteiger charge is 2.64. The van der Waals surface area contributed by atoms with Gasteiger partial charge >= 0.3 is 0 Å². The van der Waals surface area contributed by atoms with E-state index in [1.54, 1.807) is 0 Å². The van der Waals surface area contributed by atoms with Crippen LogP contribution in [0, 0.1) is 0 Å². The molecule has 63 nitrogen and oxygen atoms in total. The van der Waals surface area contributed by atoms with Gasteiger partial charge in [-0.1, -0.05) is 0 Å². The summed E-state index contributed by atoms with van der Waals surface area (Å²) in [6.45, 7) is -2.91. The first-order chi connectivity index (χ1) is 68.5. The van der Waals surface area contributed by atoms with Crippen LogP contribution in [-0.2, 0) is 133 Å². The van der Waals surface area contributed by atoms with E-state index in [1.165, 1.54) is 20.8 Å². The lowest BCUT2D eigenvalue weighted by molar-refractivity contribution is -0.413. The topological polar surface area (TPSA) is 965 Å². The number of nitrogens with one attached hydrogen (secondary N) is 5. The predicted octanol–water partition coefficient (Wildman–Crippen LogP) is -23.4. The molecule has 0 aliphatic carbocycles. The van der Waals surface area contributed by atoms with E-state index in [0.29, 0.717) is 0 Å². The minimum atomic E-state index is -2.88. The molecule has 12 saturated heterocycles. The van der Waals surface area contributed by atoms with Gasteiger partial charge in [-0.05, 0) is 20.8 Å². The van der Waals surface area contributed by atoms with Crippen molar-refractivity contribution in [1.82, 2.24) is 26.6 Å². The van der Waals surface area contributed by atoms with Crippen molar-refractivity contribution in [1.29, 1.82) is 0 Å². The molecule has 0 aromatic heterocycles. The second-order valence-electron chi connectivity index (χ2n) is 37.3. The first-order valence-electron chi connectivity index (χ1n) is 46.7. The van der Waals surface area contributed by atoms with E-state index in [-0.39, 0.29) is 0 Å². The summed E-state index contributed by atoms with van der Waals surface area (Å²) < 4.78 is 142. The fourth-order valence-corrected chi connectivity index (χ4v) is 19.0. The monoisotopic (exact) mass is 2120 g/mol. The molecular formula is C82H137N5O58. The van der Waals surface area contributed by atoms with Gasteiger partial charge < -0.3 is 289 Å². The molecule has 60 atom stereocenters. The van der Waals surface area contributed by atoms with Crippen LogP contribution in [0.1, 0.15) is 55.4 Å². The second kappa shape index (κ2) is 51.5. The molecular weight excluding hydrogens is 1980 g/mol. The van der Waals surface area contributed by atoms with E-state index in [0.717, 1.165) is 34.6 Å². The molecule has 12 aliphatic heterocycles. The highest BCUT2D eigenvalue weighted by atomic mass is 16.8. The molecule has 12 fully saturated rings. The Balaban J connectivity index is 0.985. The van der Waals surface area contributed by atoms with Gasteiger partial charge in [0.2, 0.25) is 29.5 Å². The lowest BCUT2D eigenvalue weighted by Gasteiger charge is -2.53. The summed E-state index contributed by atoms with van der Waals surface area (Å²) in [5.74, 6) is -5.07. The average molecular weight is 2120 g/mol. The number of hydrogen-bond acceptors (Lipinski definition) is 58. The van der Waals surface area contributed by atoms with Crippen molar-refractivity contribution in [3.8, 4) is 0 Å². The smallest absolute Gasteiger partial charge is 0.217 e. The van der Waals surface area contributed by atoms with E-state index in [1.807, 2.05) is 0 Å². The Bertz CT molecular complexity index is 4070. The molecule has 63 heteroatoms. The largest absolute Gasteiger partial charge is 0.394 e. The second-order valence-corrected chi connectivity index (χ2v) is 37.3. The Kier molecular flexibility index (Phi) is 42.2. The van der Waals surface area contributed by atoms with Crippen LogP contribution in [0.4, 0.5) is 0 Å². The van der Waals surface area contributed by atoms with Crippen molar-refractivity contribution < 1.29 is 286 Å². The van der Waals surface area contributed by atoms with Gasteiger partial charge in [-0.25, -0.2) is 0 Å². The zero-order valence-electron chi connectivity index (χ0n) is 78.9. The number of rotatable bonds is 36. The molecule has 0 spiro atoms. The number of carbonyl (C=O) groups excluding carboxylic acids is 5. The molecule has 0 bridgehead atoms. The summed E-state index contributed by atoms with van der Waals surface area (Å²) in [7, 11) is 0. The predicted molar refractivity (Wildman–Crippen MR) is 449 cm³/mol. The Hall–Kier alpha value is -4.77. The van der Waals surface area contributed by atoms with Crippen LogP contribution in [-0.4, -0.2) is 610 Å². The maximum absolute atomic E-state index is 14.1. The van der Waals surface area contributed by atoms with Crippen molar-refractivity contribution in [2.75, 3.05) is 59.5 Å². The van der Waals surface area contributed by atoms with Crippen LogP contribution in [0.25, 0.3) is 0 Å². The molecule has 12 aliphatic rings. The Morgan fingerprint density at radius 2 is 0.434 bits per heavy atom. The van der Waals surface area contributed by atoms with Crippen LogP contribution >= 0.6 is 0 Å². The molecule has 838 valence electrons. The summed E-state index contributed by atoms with van der Waals surface area (Å²) in [5, 5.41) is 355. The Labute approximate surface area is 822 Å². The number of ether oxygens (including phenoxy) is 23. The molecule has 0 saturated carbocycles. The minimum Gasteiger partial charge on any atom is -0.394 e. The normalized spacial score (nSPS) is 50.1. The van der Waals surface area contributed by atoms with E-state index in [9.17, 15) is 177 Å². The van der Waals surface area contributed by atoms with E-state index < -0.39 is 457 Å². The standard InChI is InChI=1S/C82H137N5O58/c1-18-40(100)52(112)58(118)76(125-18)123-16-33-63(50(110)35(71(122)128-33)83-21(4)95)137-74-38(86-24(7)98)51(111)62(31(14-93)134-74)138-79-61(121)67(65(139-72-36(84-22(5)96)48(108)43(103)26(9-88)129-72)34(136-79)17-124-80-68(55(115)45(105)28(11-90)131-80)143-73-37(85-23(6)97)49(109)44(104)27(10-89)130-73)142-82-69(56(116)46(106)30(13-92)133-82)144-75-39(87-25(8)99)66(141-77-59(119)53(113)41(101)19(2)126-77)64(32(15-94)135-75)140-81-70(57(117)47(107)29(12-91)132-81)145-78-60(120)54(114)42(102)20(3)127-78/h18-20,26-82,88-94,100-122H,9-17H2,1-8H3,(H,83,95)(H,84,96)(H,85,97)(H,86,98)(H,87,99)/t18-,19-,20-,26+,27+,28+,29+,30+,31+,32+,33+,34+,35+,36-,37+,38+,39+,40+,41+,42+,43+,44+,45+,46+,47-,48+,49+,50+,51+,52+,53+,54+,55-,56-,57-,58-,59-,60-,61-,62+,63+,64+,65+,66+,67+,68-,69-,70+,71?,72-,73-,74-,75-,76+,77-,78-,79-,80-,81-,82+/m0/s1. The van der Waals surface area contributed by atoms with Gasteiger partial charge in [0.25, 0.3) is 0 Å². The van der Waals surface area contributed by atoms with Gasteiger partial charge in [0.15, 0.2) is 75.5 Å². The van der Waals surface area contributed by atoms with Gasteiger partial charge in [-0.15, -0.1) is 0 Å². The average Bonchev–Trinajstić information content (AvgIpc) is 0.877. The van der Waals surface area contributed by atoms with E-state index >= 15 is 0 Å². The highest BCUT2D eigenvalue weighted by molar-refractivity contribution is 5.75. The number of hydrogen-bond donors (Lipinski definition) is 35. The molecule has 12 heterocycles. The van der Waals surface area contributed by atoms with Crippen LogP contribution in [0.2, 0.25) is 0 Å². The quantitative estimate of drug-likeness (QED) is 0.0277. The zero-order chi connectivity index (χ0) is 107. The van der Waals surface area contributed by atoms with Crippen molar-refractivity contribution >= 4 is 29.5 Å². The molecule has 5 amide bonds. The maximum atomic E-state index is 14.1. The summed E-state index contributed by atoms with van der Waals surface area (Å²) in [5.41, 5.74) is 0.